The van der Waals surface area contributed by atoms with Crippen LogP contribution in [0.1, 0.15) is 5.56 Å². The lowest BCUT2D eigenvalue weighted by atomic mass is 10.2. The fraction of sp³-hybridized carbons (Fsp3) is 0.176. The molecule has 3 aromatic rings. The molecule has 6 nitrogen and oxygen atoms in total. The maximum Gasteiger partial charge on any atom is 0.325 e. The molecule has 0 aliphatic rings. The van der Waals surface area contributed by atoms with Crippen molar-refractivity contribution in [2.24, 2.45) is 0 Å². The van der Waals surface area contributed by atoms with Crippen LogP contribution in [0.5, 0.6) is 0 Å². The Kier molecular flexibility index (Phi) is 4.86. The number of ether oxygens (including phenoxy) is 1. The van der Waals surface area contributed by atoms with E-state index in [0.29, 0.717) is 16.7 Å². The summed E-state index contributed by atoms with van der Waals surface area (Å²) in [7, 11) is 1.72. The predicted octanol–water partition coefficient (Wildman–Crippen LogP) is 2.86. The molecule has 3 rings (SSSR count). The molecule has 0 amide bonds. The molecule has 0 bridgehead atoms. The number of fused-ring (bicyclic) bond motifs is 1. The number of esters is 1. The van der Waals surface area contributed by atoms with Gasteiger partial charge < -0.3 is 9.64 Å². The van der Waals surface area contributed by atoms with E-state index in [1.165, 1.54) is 0 Å². The number of aromatic nitrogens is 3. The van der Waals surface area contributed by atoms with Crippen LogP contribution < -0.4 is 4.90 Å². The minimum Gasteiger partial charge on any atom is -0.459 e. The van der Waals surface area contributed by atoms with E-state index in [9.17, 15) is 4.79 Å². The fourth-order valence-electron chi connectivity index (χ4n) is 2.19. The topological polar surface area (TPSA) is 68.2 Å². The number of carbonyl (C=O) groups excluding carboxylic acids is 1. The van der Waals surface area contributed by atoms with Crippen LogP contribution in [0.2, 0.25) is 5.15 Å². The second kappa shape index (κ2) is 7.23. The lowest BCUT2D eigenvalue weighted by Gasteiger charge is -2.15. The van der Waals surface area contributed by atoms with E-state index in [1.807, 2.05) is 30.3 Å². The largest absolute Gasteiger partial charge is 0.459 e. The molecule has 0 N–H and O–H groups in total. The van der Waals surface area contributed by atoms with Crippen molar-refractivity contribution in [1.82, 2.24) is 15.0 Å². The zero-order valence-electron chi connectivity index (χ0n) is 13.0. The average molecular weight is 343 g/mol. The third kappa shape index (κ3) is 3.78. The second-order valence-electron chi connectivity index (χ2n) is 5.20. The number of nitrogens with zero attached hydrogens (tertiary/aromatic N) is 4. The Morgan fingerprint density at radius 3 is 2.75 bits per heavy atom. The van der Waals surface area contributed by atoms with Gasteiger partial charge in [0.1, 0.15) is 18.3 Å². The maximum absolute atomic E-state index is 12.0. The zero-order chi connectivity index (χ0) is 16.9. The van der Waals surface area contributed by atoms with Crippen LogP contribution in [-0.4, -0.2) is 34.5 Å². The minimum absolute atomic E-state index is 0.0443. The Labute approximate surface area is 144 Å². The minimum atomic E-state index is -0.394. The highest BCUT2D eigenvalue weighted by molar-refractivity contribution is 6.30. The van der Waals surface area contributed by atoms with E-state index in [2.05, 4.69) is 15.0 Å². The highest BCUT2D eigenvalue weighted by Gasteiger charge is 2.12. The molecular formula is C17H15ClN4O2. The molecule has 0 unspecified atom stereocenters. The lowest BCUT2D eigenvalue weighted by molar-refractivity contribution is -0.143. The number of pyridine rings is 1. The first-order valence-electron chi connectivity index (χ1n) is 7.31. The zero-order valence-corrected chi connectivity index (χ0v) is 13.8. The second-order valence-corrected chi connectivity index (χ2v) is 5.55. The van der Waals surface area contributed by atoms with E-state index < -0.39 is 5.97 Å². The van der Waals surface area contributed by atoms with Crippen molar-refractivity contribution < 1.29 is 9.53 Å². The van der Waals surface area contributed by atoms with Crippen molar-refractivity contribution >= 4 is 34.4 Å². The van der Waals surface area contributed by atoms with Crippen LogP contribution in [0.3, 0.4) is 0 Å². The first kappa shape index (κ1) is 16.1. The molecule has 0 aliphatic heterocycles. The number of hydrogen-bond donors (Lipinski definition) is 0. The summed E-state index contributed by atoms with van der Waals surface area (Å²) in [4.78, 5) is 26.1. The average Bonchev–Trinajstić information content (AvgIpc) is 2.60. The lowest BCUT2D eigenvalue weighted by Crippen LogP contribution is -2.28. The summed E-state index contributed by atoms with van der Waals surface area (Å²) in [6.45, 7) is 0.113. The Balaban J connectivity index is 1.63. The van der Waals surface area contributed by atoms with Gasteiger partial charge in [-0.3, -0.25) is 4.79 Å². The van der Waals surface area contributed by atoms with Crippen LogP contribution in [0.4, 0.5) is 5.95 Å². The molecule has 0 spiro atoms. The van der Waals surface area contributed by atoms with Crippen LogP contribution in [0, 0.1) is 0 Å². The molecule has 24 heavy (non-hydrogen) atoms. The summed E-state index contributed by atoms with van der Waals surface area (Å²) in [5, 5.41) is 1.28. The Hall–Kier alpha value is -2.73. The van der Waals surface area contributed by atoms with Crippen LogP contribution in [0.25, 0.3) is 10.9 Å². The van der Waals surface area contributed by atoms with Crippen molar-refractivity contribution in [2.75, 3.05) is 18.5 Å². The highest BCUT2D eigenvalue weighted by Crippen LogP contribution is 2.21. The number of likely N-dealkylation sites (N-methyl/N-ethyl adjacent to an activating group) is 1. The van der Waals surface area contributed by atoms with Gasteiger partial charge >= 0.3 is 5.97 Å². The van der Waals surface area contributed by atoms with Gasteiger partial charge in [0, 0.05) is 30.4 Å². The smallest absolute Gasteiger partial charge is 0.325 e. The highest BCUT2D eigenvalue weighted by atomic mass is 35.5. The molecule has 0 saturated heterocycles. The number of halogens is 1. The Bertz CT molecular complexity index is 858. The quantitative estimate of drug-likeness (QED) is 0.524. The molecule has 0 fully saturated rings. The van der Waals surface area contributed by atoms with Crippen LogP contribution in [0.15, 0.2) is 48.8 Å². The summed E-state index contributed by atoms with van der Waals surface area (Å²) >= 11 is 6.16. The van der Waals surface area contributed by atoms with Gasteiger partial charge in [-0.2, -0.15) is 0 Å². The molecule has 0 aliphatic carbocycles. The van der Waals surface area contributed by atoms with E-state index >= 15 is 0 Å². The number of hydrogen-bond acceptors (Lipinski definition) is 6. The molecular weight excluding hydrogens is 328 g/mol. The molecule has 1 aromatic carbocycles. The van der Waals surface area contributed by atoms with Crippen molar-refractivity contribution in [3.8, 4) is 0 Å². The van der Waals surface area contributed by atoms with Crippen molar-refractivity contribution in [3.63, 3.8) is 0 Å². The van der Waals surface area contributed by atoms with Gasteiger partial charge in [0.25, 0.3) is 0 Å². The van der Waals surface area contributed by atoms with Crippen molar-refractivity contribution in [2.45, 2.75) is 6.61 Å². The number of rotatable bonds is 5. The van der Waals surface area contributed by atoms with Gasteiger partial charge in [0.2, 0.25) is 5.95 Å². The van der Waals surface area contributed by atoms with Gasteiger partial charge in [-0.15, -0.1) is 0 Å². The van der Waals surface area contributed by atoms with E-state index in [0.717, 1.165) is 10.9 Å². The summed E-state index contributed by atoms with van der Waals surface area (Å²) < 4.78 is 5.29. The van der Waals surface area contributed by atoms with Gasteiger partial charge in [0.05, 0.1) is 5.52 Å². The normalized spacial score (nSPS) is 10.6. The molecule has 2 heterocycles. The first-order chi connectivity index (χ1) is 11.6. The molecule has 7 heteroatoms. The Morgan fingerprint density at radius 1 is 1.21 bits per heavy atom. The number of benzene rings is 1. The van der Waals surface area contributed by atoms with E-state index in [4.69, 9.17) is 16.3 Å². The number of para-hydroxylation sites is 1. The summed E-state index contributed by atoms with van der Waals surface area (Å²) in [6, 6.07) is 11.2. The van der Waals surface area contributed by atoms with E-state index in [-0.39, 0.29) is 13.2 Å². The third-order valence-electron chi connectivity index (χ3n) is 3.40. The van der Waals surface area contributed by atoms with Gasteiger partial charge in [-0.25, -0.2) is 15.0 Å². The van der Waals surface area contributed by atoms with Crippen LogP contribution >= 0.6 is 11.6 Å². The maximum atomic E-state index is 12.0. The summed E-state index contributed by atoms with van der Waals surface area (Å²) in [5.74, 6) is 0.0639. The van der Waals surface area contributed by atoms with Gasteiger partial charge in [-0.05, 0) is 18.2 Å². The monoisotopic (exact) mass is 342 g/mol. The van der Waals surface area contributed by atoms with Gasteiger partial charge in [0.15, 0.2) is 0 Å². The van der Waals surface area contributed by atoms with E-state index in [1.54, 1.807) is 30.4 Å². The van der Waals surface area contributed by atoms with Gasteiger partial charge in [-0.1, -0.05) is 29.8 Å². The third-order valence-corrected chi connectivity index (χ3v) is 3.73. The fourth-order valence-corrected chi connectivity index (χ4v) is 2.39. The van der Waals surface area contributed by atoms with Crippen molar-refractivity contribution in [1.29, 1.82) is 0 Å². The summed E-state index contributed by atoms with van der Waals surface area (Å²) in [5.41, 5.74) is 1.47. The first-order valence-corrected chi connectivity index (χ1v) is 7.69. The summed E-state index contributed by atoms with van der Waals surface area (Å²) in [6.07, 6.45) is 3.23. The molecule has 0 atom stereocenters. The predicted molar refractivity (Wildman–Crippen MR) is 91.9 cm³/mol. The molecule has 122 valence electrons. The molecule has 2 aromatic heterocycles. The molecule has 0 saturated carbocycles. The van der Waals surface area contributed by atoms with Crippen molar-refractivity contribution in [3.05, 3.63) is 59.5 Å². The number of carbonyl (C=O) groups is 1. The number of anilines is 1. The molecule has 0 radical (unpaired) electrons. The van der Waals surface area contributed by atoms with Crippen LogP contribution in [-0.2, 0) is 16.1 Å². The Morgan fingerprint density at radius 2 is 1.96 bits per heavy atom. The SMILES string of the molecule is CN(CC(=O)OCc1cc2ccccc2nc1Cl)c1ncccn1. The standard InChI is InChI=1S/C17H15ClN4O2/c1-22(17-19-7-4-8-20-17)10-15(23)24-11-13-9-12-5-2-3-6-14(12)21-16(13)18/h2-9H,10-11H2,1H3.